The first kappa shape index (κ1) is 24.7. The van der Waals surface area contributed by atoms with E-state index in [2.05, 4.69) is 10.6 Å². The monoisotopic (exact) mass is 462 g/mol. The molecule has 2 N–H and O–H groups in total. The highest BCUT2D eigenvalue weighted by Gasteiger charge is 2.13. The fraction of sp³-hybridized carbons (Fsp3) is 0.273. The van der Waals surface area contributed by atoms with Crippen LogP contribution < -0.4 is 15.4 Å². The number of anilines is 2. The molecule has 0 heterocycles. The summed E-state index contributed by atoms with van der Waals surface area (Å²) < 4.78 is 14.9. The van der Waals surface area contributed by atoms with Gasteiger partial charge in [0.2, 0.25) is 5.91 Å². The minimum absolute atomic E-state index is 0.137. The molecule has 170 valence electrons. The quantitative estimate of drug-likeness (QED) is 0.519. The molecule has 32 heavy (non-hydrogen) atoms. The van der Waals surface area contributed by atoms with Gasteiger partial charge in [0.1, 0.15) is 5.75 Å². The van der Waals surface area contributed by atoms with Gasteiger partial charge in [-0.3, -0.25) is 14.4 Å². The summed E-state index contributed by atoms with van der Waals surface area (Å²) in [5.74, 6) is -1.75. The Hall–Kier alpha value is -3.59. The average Bonchev–Trinajstić information content (AvgIpc) is 2.77. The van der Waals surface area contributed by atoms with E-state index in [1.54, 1.807) is 31.2 Å². The highest BCUT2D eigenvalue weighted by Crippen LogP contribution is 2.27. The van der Waals surface area contributed by atoms with Crippen molar-refractivity contribution in [3.05, 3.63) is 53.1 Å². The lowest BCUT2D eigenvalue weighted by molar-refractivity contribution is -0.147. The van der Waals surface area contributed by atoms with E-state index in [0.717, 1.165) is 0 Å². The van der Waals surface area contributed by atoms with E-state index in [9.17, 15) is 19.2 Å². The summed E-state index contributed by atoms with van der Waals surface area (Å²) in [6.45, 7) is 1.45. The Bertz CT molecular complexity index is 977. The van der Waals surface area contributed by atoms with Crippen LogP contribution in [0, 0.1) is 0 Å². The molecule has 0 spiro atoms. The van der Waals surface area contributed by atoms with Crippen LogP contribution in [0.15, 0.2) is 42.5 Å². The second-order valence-corrected chi connectivity index (χ2v) is 6.84. The molecule has 2 amide bonds. The molecule has 0 atom stereocenters. The molecular weight excluding hydrogens is 440 g/mol. The number of amides is 2. The number of methoxy groups -OCH3 is 1. The number of hydrogen-bond donors (Lipinski definition) is 2. The lowest BCUT2D eigenvalue weighted by atomic mass is 10.2. The van der Waals surface area contributed by atoms with E-state index in [4.69, 9.17) is 25.8 Å². The van der Waals surface area contributed by atoms with Gasteiger partial charge in [-0.2, -0.15) is 0 Å². The molecule has 10 heteroatoms. The highest BCUT2D eigenvalue weighted by atomic mass is 35.5. The number of carbonyl (C=O) groups excluding carboxylic acids is 4. The SMILES string of the molecule is CCOC(=O)c1ccc(NC(=O)CCC(=O)OCC(=O)Nc2cc(Cl)ccc2OC)cc1. The Kier molecular flexibility index (Phi) is 9.49. The molecule has 0 fully saturated rings. The molecule has 0 bridgehead atoms. The Balaban J connectivity index is 1.73. The van der Waals surface area contributed by atoms with Gasteiger partial charge in [-0.15, -0.1) is 0 Å². The van der Waals surface area contributed by atoms with Crippen molar-refractivity contribution in [1.82, 2.24) is 0 Å². The molecule has 0 aliphatic carbocycles. The smallest absolute Gasteiger partial charge is 0.338 e. The van der Waals surface area contributed by atoms with E-state index in [0.29, 0.717) is 27.7 Å². The summed E-state index contributed by atoms with van der Waals surface area (Å²) in [5, 5.41) is 5.55. The standard InChI is InChI=1S/C22H23ClN2O7/c1-3-31-22(29)14-4-7-16(8-5-14)24-19(26)10-11-21(28)32-13-20(27)25-17-12-15(23)6-9-18(17)30-2/h4-9,12H,3,10-11,13H2,1-2H3,(H,24,26)(H,25,27). The molecule has 0 unspecified atom stereocenters. The molecule has 0 radical (unpaired) electrons. The van der Waals surface area contributed by atoms with E-state index in [1.165, 1.54) is 25.3 Å². The molecule has 0 aliphatic rings. The largest absolute Gasteiger partial charge is 0.495 e. The molecule has 0 saturated heterocycles. The van der Waals surface area contributed by atoms with Gasteiger partial charge in [-0.05, 0) is 49.4 Å². The molecule has 9 nitrogen and oxygen atoms in total. The van der Waals surface area contributed by atoms with Crippen LogP contribution in [0.1, 0.15) is 30.1 Å². The van der Waals surface area contributed by atoms with Crippen LogP contribution in [0.3, 0.4) is 0 Å². The zero-order valence-electron chi connectivity index (χ0n) is 17.6. The van der Waals surface area contributed by atoms with Crippen molar-refractivity contribution in [2.24, 2.45) is 0 Å². The summed E-state index contributed by atoms with van der Waals surface area (Å²) in [4.78, 5) is 47.4. The third-order valence-electron chi connectivity index (χ3n) is 4.04. The summed E-state index contributed by atoms with van der Waals surface area (Å²) in [6.07, 6.45) is -0.345. The van der Waals surface area contributed by atoms with Crippen molar-refractivity contribution < 1.29 is 33.4 Å². The number of nitrogens with one attached hydrogen (secondary N) is 2. The Morgan fingerprint density at radius 3 is 2.28 bits per heavy atom. The van der Waals surface area contributed by atoms with Crippen molar-refractivity contribution in [2.75, 3.05) is 31.0 Å². The molecule has 2 rings (SSSR count). The third-order valence-corrected chi connectivity index (χ3v) is 4.27. The number of ether oxygens (including phenoxy) is 3. The van der Waals surface area contributed by atoms with Crippen LogP contribution in [-0.4, -0.2) is 44.1 Å². The lowest BCUT2D eigenvalue weighted by Gasteiger charge is -2.11. The molecule has 2 aromatic carbocycles. The predicted octanol–water partition coefficient (Wildman–Crippen LogP) is 3.43. The normalized spacial score (nSPS) is 10.1. The van der Waals surface area contributed by atoms with Crippen LogP contribution in [0.25, 0.3) is 0 Å². The highest BCUT2D eigenvalue weighted by molar-refractivity contribution is 6.31. The van der Waals surface area contributed by atoms with Gasteiger partial charge in [0.25, 0.3) is 5.91 Å². The van der Waals surface area contributed by atoms with Crippen molar-refractivity contribution in [3.8, 4) is 5.75 Å². The van der Waals surface area contributed by atoms with Gasteiger partial charge >= 0.3 is 11.9 Å². The number of hydrogen-bond acceptors (Lipinski definition) is 7. The number of benzene rings is 2. The van der Waals surface area contributed by atoms with Gasteiger partial charge in [0.15, 0.2) is 6.61 Å². The van der Waals surface area contributed by atoms with Gasteiger partial charge < -0.3 is 24.8 Å². The van der Waals surface area contributed by atoms with Crippen LogP contribution in [-0.2, 0) is 23.9 Å². The number of halogens is 1. The maximum absolute atomic E-state index is 12.0. The average molecular weight is 463 g/mol. The van der Waals surface area contributed by atoms with Crippen LogP contribution in [0.4, 0.5) is 11.4 Å². The third kappa shape index (κ3) is 7.92. The molecule has 0 saturated carbocycles. The van der Waals surface area contributed by atoms with Crippen molar-refractivity contribution in [3.63, 3.8) is 0 Å². The maximum atomic E-state index is 12.0. The Morgan fingerprint density at radius 1 is 0.906 bits per heavy atom. The Morgan fingerprint density at radius 2 is 1.62 bits per heavy atom. The summed E-state index contributed by atoms with van der Waals surface area (Å²) in [7, 11) is 1.44. The molecular formula is C22H23ClN2O7. The van der Waals surface area contributed by atoms with Crippen LogP contribution in [0.5, 0.6) is 5.75 Å². The van der Waals surface area contributed by atoms with Crippen molar-refractivity contribution in [2.45, 2.75) is 19.8 Å². The second kappa shape index (κ2) is 12.3. The van der Waals surface area contributed by atoms with E-state index < -0.39 is 30.4 Å². The molecule has 0 aliphatic heterocycles. The summed E-state index contributed by atoms with van der Waals surface area (Å²) >= 11 is 5.90. The summed E-state index contributed by atoms with van der Waals surface area (Å²) in [6, 6.07) is 10.9. The lowest BCUT2D eigenvalue weighted by Crippen LogP contribution is -2.22. The Labute approximate surface area is 190 Å². The summed E-state index contributed by atoms with van der Waals surface area (Å²) in [5.41, 5.74) is 1.17. The fourth-order valence-electron chi connectivity index (χ4n) is 2.53. The van der Waals surface area contributed by atoms with Gasteiger partial charge in [-0.25, -0.2) is 4.79 Å². The zero-order valence-corrected chi connectivity index (χ0v) is 18.4. The van der Waals surface area contributed by atoms with Gasteiger partial charge in [0, 0.05) is 17.1 Å². The molecule has 2 aromatic rings. The van der Waals surface area contributed by atoms with Crippen LogP contribution >= 0.6 is 11.6 Å². The number of esters is 2. The van der Waals surface area contributed by atoms with E-state index in [-0.39, 0.29) is 19.4 Å². The number of rotatable bonds is 10. The molecule has 0 aromatic heterocycles. The minimum Gasteiger partial charge on any atom is -0.495 e. The first-order valence-corrected chi connectivity index (χ1v) is 10.1. The number of carbonyl (C=O) groups is 4. The van der Waals surface area contributed by atoms with E-state index in [1.807, 2.05) is 0 Å². The topological polar surface area (TPSA) is 120 Å². The second-order valence-electron chi connectivity index (χ2n) is 6.40. The van der Waals surface area contributed by atoms with Crippen LogP contribution in [0.2, 0.25) is 5.02 Å². The van der Waals surface area contributed by atoms with E-state index >= 15 is 0 Å². The minimum atomic E-state index is -0.703. The fourth-order valence-corrected chi connectivity index (χ4v) is 2.70. The van der Waals surface area contributed by atoms with Crippen molar-refractivity contribution >= 4 is 46.7 Å². The first-order chi connectivity index (χ1) is 15.3. The van der Waals surface area contributed by atoms with Gasteiger partial charge in [0.05, 0.1) is 31.4 Å². The zero-order chi connectivity index (χ0) is 23.5. The predicted molar refractivity (Wildman–Crippen MR) is 118 cm³/mol. The van der Waals surface area contributed by atoms with Crippen molar-refractivity contribution in [1.29, 1.82) is 0 Å². The van der Waals surface area contributed by atoms with Gasteiger partial charge in [-0.1, -0.05) is 11.6 Å². The maximum Gasteiger partial charge on any atom is 0.338 e. The first-order valence-electron chi connectivity index (χ1n) is 9.68.